The average molecular weight is 347 g/mol. The van der Waals surface area contributed by atoms with Gasteiger partial charge in [0.1, 0.15) is 0 Å². The van der Waals surface area contributed by atoms with Crippen molar-refractivity contribution in [2.75, 3.05) is 11.9 Å². The highest BCUT2D eigenvalue weighted by Gasteiger charge is 1.99. The van der Waals surface area contributed by atoms with Crippen molar-refractivity contribution in [1.82, 2.24) is 0 Å². The Hall–Kier alpha value is -0.310. The first kappa shape index (κ1) is 19.7. The predicted octanol–water partition coefficient (Wildman–Crippen LogP) is 5.79. The molecule has 0 aromatic carbocycles. The Labute approximate surface area is 133 Å². The van der Waals surface area contributed by atoms with Crippen molar-refractivity contribution < 1.29 is 9.53 Å². The van der Waals surface area contributed by atoms with Crippen LogP contribution < -0.4 is 0 Å². The van der Waals surface area contributed by atoms with Crippen molar-refractivity contribution in [3.8, 4) is 0 Å². The van der Waals surface area contributed by atoms with E-state index < -0.39 is 0 Å². The largest absolute Gasteiger partial charge is 0.465 e. The fraction of sp³-hybridized carbons (Fsp3) is 0.824. The van der Waals surface area contributed by atoms with Crippen LogP contribution in [0.2, 0.25) is 0 Å². The Morgan fingerprint density at radius 3 is 2.40 bits per heavy atom. The van der Waals surface area contributed by atoms with Crippen LogP contribution in [0.25, 0.3) is 0 Å². The maximum Gasteiger partial charge on any atom is 0.309 e. The van der Waals surface area contributed by atoms with Crippen LogP contribution in [-0.4, -0.2) is 17.9 Å². The maximum atomic E-state index is 11.4. The molecule has 0 aliphatic rings. The predicted molar refractivity (Wildman–Crippen MR) is 90.4 cm³/mol. The molecule has 0 heterocycles. The van der Waals surface area contributed by atoms with Crippen LogP contribution in [0.1, 0.15) is 77.6 Å². The zero-order chi connectivity index (χ0) is 14.9. The molecule has 0 amide bonds. The normalized spacial score (nSPS) is 11.1. The number of allylic oxidation sites excluding steroid dienone is 1. The molecule has 0 N–H and O–H groups in total. The van der Waals surface area contributed by atoms with E-state index in [0.29, 0.717) is 13.0 Å². The highest BCUT2D eigenvalue weighted by molar-refractivity contribution is 9.09. The van der Waals surface area contributed by atoms with Crippen LogP contribution in [0.15, 0.2) is 12.2 Å². The lowest BCUT2D eigenvalue weighted by Crippen LogP contribution is -2.04. The monoisotopic (exact) mass is 346 g/mol. The highest BCUT2D eigenvalue weighted by Crippen LogP contribution is 2.05. The molecule has 118 valence electrons. The van der Waals surface area contributed by atoms with Crippen molar-refractivity contribution in [1.29, 1.82) is 0 Å². The van der Waals surface area contributed by atoms with Gasteiger partial charge in [-0.1, -0.05) is 73.5 Å². The Morgan fingerprint density at radius 2 is 1.65 bits per heavy atom. The lowest BCUT2D eigenvalue weighted by Gasteiger charge is -2.03. The van der Waals surface area contributed by atoms with Crippen LogP contribution in [0.5, 0.6) is 0 Å². The first-order valence-corrected chi connectivity index (χ1v) is 9.30. The van der Waals surface area contributed by atoms with Crippen LogP contribution in [0.4, 0.5) is 0 Å². The molecule has 0 aromatic rings. The van der Waals surface area contributed by atoms with Crippen LogP contribution in [0.3, 0.4) is 0 Å². The number of hydrogen-bond donors (Lipinski definition) is 0. The first-order valence-electron chi connectivity index (χ1n) is 8.17. The Kier molecular flexibility index (Phi) is 16.5. The standard InChI is InChI=1S/C17H31BrO2/c1-2-3-4-5-6-8-11-14-17(19)20-16-13-10-7-9-12-15-18/h8,11H,2-7,9-10,12-16H2,1H3/b11-8-. The van der Waals surface area contributed by atoms with Gasteiger partial charge in [0.2, 0.25) is 0 Å². The lowest BCUT2D eigenvalue weighted by molar-refractivity contribution is -0.142. The highest BCUT2D eigenvalue weighted by atomic mass is 79.9. The van der Waals surface area contributed by atoms with Crippen LogP contribution in [0, 0.1) is 0 Å². The van der Waals surface area contributed by atoms with Crippen LogP contribution >= 0.6 is 15.9 Å². The number of ether oxygens (including phenoxy) is 1. The topological polar surface area (TPSA) is 26.3 Å². The van der Waals surface area contributed by atoms with Gasteiger partial charge in [0.25, 0.3) is 0 Å². The summed E-state index contributed by atoms with van der Waals surface area (Å²) in [5.41, 5.74) is 0. The van der Waals surface area contributed by atoms with Gasteiger partial charge in [-0.3, -0.25) is 4.79 Å². The van der Waals surface area contributed by atoms with Gasteiger partial charge in [0, 0.05) is 5.33 Å². The van der Waals surface area contributed by atoms with E-state index in [1.807, 2.05) is 6.08 Å². The zero-order valence-corrected chi connectivity index (χ0v) is 14.6. The summed E-state index contributed by atoms with van der Waals surface area (Å²) in [6.45, 7) is 2.80. The smallest absolute Gasteiger partial charge is 0.309 e. The summed E-state index contributed by atoms with van der Waals surface area (Å²) in [6, 6.07) is 0. The molecule has 0 aromatic heterocycles. The number of alkyl halides is 1. The third-order valence-corrected chi connectivity index (χ3v) is 3.78. The van der Waals surface area contributed by atoms with Crippen molar-refractivity contribution in [3.05, 3.63) is 12.2 Å². The number of carbonyl (C=O) groups excluding carboxylic acids is 1. The SMILES string of the molecule is CCCCCC/C=C\CC(=O)OCCCCCCCBr. The minimum atomic E-state index is -0.0877. The molecule has 0 saturated heterocycles. The van der Waals surface area contributed by atoms with Gasteiger partial charge in [-0.2, -0.15) is 0 Å². The molecular weight excluding hydrogens is 316 g/mol. The van der Waals surface area contributed by atoms with Gasteiger partial charge in [0.15, 0.2) is 0 Å². The molecule has 3 heteroatoms. The average Bonchev–Trinajstić information content (AvgIpc) is 2.45. The molecule has 0 rings (SSSR count). The molecule has 0 aliphatic heterocycles. The number of unbranched alkanes of at least 4 members (excludes halogenated alkanes) is 8. The van der Waals surface area contributed by atoms with E-state index in [-0.39, 0.29) is 5.97 Å². The van der Waals surface area contributed by atoms with Crippen molar-refractivity contribution in [2.24, 2.45) is 0 Å². The Bertz CT molecular complexity index is 239. The second-order valence-electron chi connectivity index (χ2n) is 5.20. The number of rotatable bonds is 14. The second kappa shape index (κ2) is 16.7. The number of halogens is 1. The molecule has 0 saturated carbocycles. The van der Waals surface area contributed by atoms with Gasteiger partial charge >= 0.3 is 5.97 Å². The number of hydrogen-bond acceptors (Lipinski definition) is 2. The van der Waals surface area contributed by atoms with Gasteiger partial charge in [-0.15, -0.1) is 0 Å². The van der Waals surface area contributed by atoms with E-state index in [1.165, 1.54) is 44.9 Å². The minimum absolute atomic E-state index is 0.0877. The van der Waals surface area contributed by atoms with Gasteiger partial charge < -0.3 is 4.74 Å². The summed E-state index contributed by atoms with van der Waals surface area (Å²) in [5, 5.41) is 1.09. The molecule has 2 nitrogen and oxygen atoms in total. The third kappa shape index (κ3) is 15.7. The van der Waals surface area contributed by atoms with Gasteiger partial charge in [-0.05, 0) is 25.7 Å². The molecule has 0 fully saturated rings. The molecule has 0 bridgehead atoms. The van der Waals surface area contributed by atoms with Crippen LogP contribution in [-0.2, 0) is 9.53 Å². The summed E-state index contributed by atoms with van der Waals surface area (Å²) >= 11 is 3.42. The third-order valence-electron chi connectivity index (χ3n) is 3.22. The molecule has 20 heavy (non-hydrogen) atoms. The van der Waals surface area contributed by atoms with Crippen molar-refractivity contribution in [2.45, 2.75) is 77.6 Å². The lowest BCUT2D eigenvalue weighted by atomic mass is 10.1. The second-order valence-corrected chi connectivity index (χ2v) is 6.00. The molecular formula is C17H31BrO2. The fourth-order valence-corrected chi connectivity index (χ4v) is 2.35. The Balaban J connectivity index is 3.25. The molecule has 0 aliphatic carbocycles. The van der Waals surface area contributed by atoms with E-state index in [9.17, 15) is 4.79 Å². The molecule has 0 spiro atoms. The molecule has 0 radical (unpaired) electrons. The van der Waals surface area contributed by atoms with E-state index in [2.05, 4.69) is 28.9 Å². The van der Waals surface area contributed by atoms with E-state index in [0.717, 1.165) is 24.6 Å². The van der Waals surface area contributed by atoms with E-state index in [1.54, 1.807) is 0 Å². The summed E-state index contributed by atoms with van der Waals surface area (Å²) in [7, 11) is 0. The fourth-order valence-electron chi connectivity index (χ4n) is 1.96. The first-order chi connectivity index (χ1) is 9.81. The maximum absolute atomic E-state index is 11.4. The van der Waals surface area contributed by atoms with E-state index >= 15 is 0 Å². The van der Waals surface area contributed by atoms with Gasteiger partial charge in [-0.25, -0.2) is 0 Å². The molecule has 0 atom stereocenters. The zero-order valence-electron chi connectivity index (χ0n) is 13.0. The van der Waals surface area contributed by atoms with Crippen molar-refractivity contribution in [3.63, 3.8) is 0 Å². The quantitative estimate of drug-likeness (QED) is 0.172. The Morgan fingerprint density at radius 1 is 0.950 bits per heavy atom. The summed E-state index contributed by atoms with van der Waals surface area (Å²) in [6.07, 6.45) is 16.6. The minimum Gasteiger partial charge on any atom is -0.465 e. The summed E-state index contributed by atoms with van der Waals surface area (Å²) < 4.78 is 5.19. The summed E-state index contributed by atoms with van der Waals surface area (Å²) in [5.74, 6) is -0.0877. The number of carbonyl (C=O) groups is 1. The van der Waals surface area contributed by atoms with Crippen molar-refractivity contribution >= 4 is 21.9 Å². The van der Waals surface area contributed by atoms with E-state index in [4.69, 9.17) is 4.74 Å². The number of esters is 1. The van der Waals surface area contributed by atoms with Gasteiger partial charge in [0.05, 0.1) is 13.0 Å². The summed E-state index contributed by atoms with van der Waals surface area (Å²) in [4.78, 5) is 11.4. The molecule has 0 unspecified atom stereocenters.